The van der Waals surface area contributed by atoms with Crippen molar-refractivity contribution in [3.8, 4) is 0 Å². The molecule has 2 fully saturated rings. The number of hydrogen-bond donors (Lipinski definition) is 1. The summed E-state index contributed by atoms with van der Waals surface area (Å²) in [5.74, 6) is 0.677. The molecule has 0 radical (unpaired) electrons. The van der Waals surface area contributed by atoms with E-state index in [0.717, 1.165) is 13.0 Å². The Balaban J connectivity index is 1.53. The maximum Gasteiger partial charge on any atom is 0.317 e. The molecule has 0 spiro atoms. The molecular weight excluding hydrogens is 314 g/mol. The lowest BCUT2D eigenvalue weighted by Gasteiger charge is -2.22. The molecule has 0 unspecified atom stereocenters. The zero-order valence-electron chi connectivity index (χ0n) is 13.1. The van der Waals surface area contributed by atoms with E-state index in [0.29, 0.717) is 42.7 Å². The molecule has 1 heterocycles. The summed E-state index contributed by atoms with van der Waals surface area (Å²) in [6, 6.07) is 6.94. The van der Waals surface area contributed by atoms with Crippen molar-refractivity contribution in [2.75, 3.05) is 32.7 Å². The fourth-order valence-corrected chi connectivity index (χ4v) is 2.89. The number of rotatable bonds is 3. The third-order valence-electron chi connectivity index (χ3n) is 4.40. The minimum Gasteiger partial charge on any atom is -0.338 e. The van der Waals surface area contributed by atoms with E-state index in [1.54, 1.807) is 24.3 Å². The Hall–Kier alpha value is -1.75. The molecular formula is C17H22ClN3O2. The Kier molecular flexibility index (Phi) is 5.06. The highest BCUT2D eigenvalue weighted by Crippen LogP contribution is 2.27. The van der Waals surface area contributed by atoms with Crippen LogP contribution < -0.4 is 5.32 Å². The monoisotopic (exact) mass is 335 g/mol. The molecule has 0 aromatic heterocycles. The molecule has 3 rings (SSSR count). The number of hydrogen-bond acceptors (Lipinski definition) is 2. The van der Waals surface area contributed by atoms with E-state index in [1.807, 2.05) is 9.80 Å². The summed E-state index contributed by atoms with van der Waals surface area (Å²) in [5.41, 5.74) is 0.640. The normalized spacial score (nSPS) is 18.5. The highest BCUT2D eigenvalue weighted by Gasteiger charge is 2.25. The van der Waals surface area contributed by atoms with Crippen LogP contribution in [0.1, 0.15) is 29.6 Å². The van der Waals surface area contributed by atoms with E-state index in [4.69, 9.17) is 11.6 Å². The van der Waals surface area contributed by atoms with Crippen LogP contribution in [0.2, 0.25) is 5.02 Å². The maximum absolute atomic E-state index is 12.5. The summed E-state index contributed by atoms with van der Waals surface area (Å²) in [4.78, 5) is 28.3. The fraction of sp³-hybridized carbons (Fsp3) is 0.529. The van der Waals surface area contributed by atoms with E-state index >= 15 is 0 Å². The topological polar surface area (TPSA) is 52.7 Å². The zero-order valence-corrected chi connectivity index (χ0v) is 13.9. The van der Waals surface area contributed by atoms with Gasteiger partial charge in [-0.25, -0.2) is 4.79 Å². The average molecular weight is 336 g/mol. The van der Waals surface area contributed by atoms with Gasteiger partial charge in [0.15, 0.2) is 0 Å². The second-order valence-corrected chi connectivity index (χ2v) is 6.71. The first-order chi connectivity index (χ1) is 11.1. The van der Waals surface area contributed by atoms with Crippen molar-refractivity contribution in [3.05, 3.63) is 34.9 Å². The van der Waals surface area contributed by atoms with Crippen molar-refractivity contribution >= 4 is 23.5 Å². The van der Waals surface area contributed by atoms with Crippen LogP contribution >= 0.6 is 11.6 Å². The van der Waals surface area contributed by atoms with Crippen LogP contribution in [0.5, 0.6) is 0 Å². The summed E-state index contributed by atoms with van der Waals surface area (Å²) in [7, 11) is 0. The lowest BCUT2D eigenvalue weighted by molar-refractivity contribution is 0.0762. The second-order valence-electron chi connectivity index (χ2n) is 6.27. The molecule has 1 aliphatic heterocycles. The Morgan fingerprint density at radius 3 is 2.39 bits per heavy atom. The number of carbonyl (C=O) groups is 2. The summed E-state index contributed by atoms with van der Waals surface area (Å²) >= 11 is 5.86. The summed E-state index contributed by atoms with van der Waals surface area (Å²) in [6.07, 6.45) is 3.25. The van der Waals surface area contributed by atoms with Crippen LogP contribution in [-0.4, -0.2) is 54.5 Å². The molecule has 1 N–H and O–H groups in total. The second kappa shape index (κ2) is 7.21. The molecule has 1 saturated heterocycles. The molecule has 1 aromatic carbocycles. The number of benzene rings is 1. The van der Waals surface area contributed by atoms with Crippen LogP contribution in [0, 0.1) is 5.92 Å². The van der Waals surface area contributed by atoms with Crippen molar-refractivity contribution in [3.63, 3.8) is 0 Å². The quantitative estimate of drug-likeness (QED) is 0.923. The summed E-state index contributed by atoms with van der Waals surface area (Å²) < 4.78 is 0. The SMILES string of the molecule is O=C(NCC1CC1)N1CCCN(C(=O)c2ccc(Cl)cc2)CC1. The lowest BCUT2D eigenvalue weighted by atomic mass is 10.2. The van der Waals surface area contributed by atoms with Gasteiger partial charge in [0.25, 0.3) is 5.91 Å². The number of nitrogens with one attached hydrogen (secondary N) is 1. The van der Waals surface area contributed by atoms with E-state index in [-0.39, 0.29) is 11.9 Å². The molecule has 3 amide bonds. The summed E-state index contributed by atoms with van der Waals surface area (Å²) in [6.45, 7) is 3.30. The van der Waals surface area contributed by atoms with Crippen molar-refractivity contribution in [1.29, 1.82) is 0 Å². The number of carbonyl (C=O) groups excluding carboxylic acids is 2. The van der Waals surface area contributed by atoms with Gasteiger partial charge in [-0.15, -0.1) is 0 Å². The van der Waals surface area contributed by atoms with Gasteiger partial charge in [-0.2, -0.15) is 0 Å². The molecule has 2 aliphatic rings. The summed E-state index contributed by atoms with van der Waals surface area (Å²) in [5, 5.41) is 3.61. The van der Waals surface area contributed by atoms with Crippen LogP contribution in [0.15, 0.2) is 24.3 Å². The van der Waals surface area contributed by atoms with E-state index in [2.05, 4.69) is 5.32 Å². The molecule has 1 aromatic rings. The third kappa shape index (κ3) is 4.38. The van der Waals surface area contributed by atoms with Gasteiger partial charge in [-0.3, -0.25) is 4.79 Å². The predicted molar refractivity (Wildman–Crippen MR) is 89.7 cm³/mol. The highest BCUT2D eigenvalue weighted by atomic mass is 35.5. The lowest BCUT2D eigenvalue weighted by Crippen LogP contribution is -2.43. The minimum absolute atomic E-state index is 0.00176. The van der Waals surface area contributed by atoms with E-state index in [1.165, 1.54) is 12.8 Å². The Labute approximate surface area is 141 Å². The molecule has 0 atom stereocenters. The first-order valence-electron chi connectivity index (χ1n) is 8.21. The van der Waals surface area contributed by atoms with E-state index < -0.39 is 0 Å². The van der Waals surface area contributed by atoms with Gasteiger partial charge in [0.05, 0.1) is 0 Å². The predicted octanol–water partition coefficient (Wildman–Crippen LogP) is 2.61. The number of urea groups is 1. The van der Waals surface area contributed by atoms with Crippen molar-refractivity contribution in [2.24, 2.45) is 5.92 Å². The van der Waals surface area contributed by atoms with Crippen molar-refractivity contribution < 1.29 is 9.59 Å². The standard InChI is InChI=1S/C17H22ClN3O2/c18-15-6-4-14(5-7-15)16(22)20-8-1-9-21(11-10-20)17(23)19-12-13-2-3-13/h4-7,13H,1-3,8-12H2,(H,19,23). The van der Waals surface area contributed by atoms with Gasteiger partial charge >= 0.3 is 6.03 Å². The van der Waals surface area contributed by atoms with Crippen LogP contribution in [0.3, 0.4) is 0 Å². The van der Waals surface area contributed by atoms with Gasteiger partial charge in [-0.05, 0) is 49.4 Å². The number of amides is 3. The molecule has 124 valence electrons. The molecule has 6 heteroatoms. The van der Waals surface area contributed by atoms with Gasteiger partial charge in [0, 0.05) is 43.3 Å². The Morgan fingerprint density at radius 2 is 1.70 bits per heavy atom. The molecule has 0 bridgehead atoms. The van der Waals surface area contributed by atoms with Crippen LogP contribution in [0.4, 0.5) is 4.79 Å². The smallest absolute Gasteiger partial charge is 0.317 e. The van der Waals surface area contributed by atoms with Gasteiger partial charge in [0.2, 0.25) is 0 Å². The molecule has 5 nitrogen and oxygen atoms in total. The average Bonchev–Trinajstić information content (AvgIpc) is 3.39. The third-order valence-corrected chi connectivity index (χ3v) is 4.65. The highest BCUT2D eigenvalue weighted by molar-refractivity contribution is 6.30. The van der Waals surface area contributed by atoms with Crippen molar-refractivity contribution in [1.82, 2.24) is 15.1 Å². The van der Waals surface area contributed by atoms with Crippen LogP contribution in [-0.2, 0) is 0 Å². The fourth-order valence-electron chi connectivity index (χ4n) is 2.76. The number of halogens is 1. The molecule has 23 heavy (non-hydrogen) atoms. The Morgan fingerprint density at radius 1 is 1.04 bits per heavy atom. The first kappa shape index (κ1) is 16.1. The number of nitrogens with zero attached hydrogens (tertiary/aromatic N) is 2. The maximum atomic E-state index is 12.5. The Bertz CT molecular complexity index is 572. The van der Waals surface area contributed by atoms with Crippen molar-refractivity contribution in [2.45, 2.75) is 19.3 Å². The largest absolute Gasteiger partial charge is 0.338 e. The molecule has 1 saturated carbocycles. The molecule has 1 aliphatic carbocycles. The van der Waals surface area contributed by atoms with Gasteiger partial charge < -0.3 is 15.1 Å². The zero-order chi connectivity index (χ0) is 16.2. The van der Waals surface area contributed by atoms with Crippen LogP contribution in [0.25, 0.3) is 0 Å². The van der Waals surface area contributed by atoms with E-state index in [9.17, 15) is 9.59 Å². The van der Waals surface area contributed by atoms with Gasteiger partial charge in [0.1, 0.15) is 0 Å². The van der Waals surface area contributed by atoms with Gasteiger partial charge in [-0.1, -0.05) is 11.6 Å². The first-order valence-corrected chi connectivity index (χ1v) is 8.59. The minimum atomic E-state index is -0.00214.